The van der Waals surface area contributed by atoms with Gasteiger partial charge in [0.25, 0.3) is 5.91 Å². The molecule has 3 rings (SSSR count). The first-order valence-corrected chi connectivity index (χ1v) is 7.99. The van der Waals surface area contributed by atoms with Crippen molar-refractivity contribution in [2.24, 2.45) is 0 Å². The predicted octanol–water partition coefficient (Wildman–Crippen LogP) is 3.85. The van der Waals surface area contributed by atoms with Crippen molar-refractivity contribution in [3.05, 3.63) is 53.3 Å². The van der Waals surface area contributed by atoms with Gasteiger partial charge in [-0.15, -0.1) is 24.8 Å². The number of amides is 1. The summed E-state index contributed by atoms with van der Waals surface area (Å²) in [6, 6.07) is 8.77. The molecule has 1 saturated heterocycles. The standard InChI is InChI=1S/C17H18ClN3O2.2ClH/c18-15-11-12(17(22)21-13-3-7-19-8-4-13)1-2-16(15)23-14-5-9-20-10-6-14;;/h1-2,5-6,9-11,13,19H,3-4,7-8H2,(H,21,22);2*1H. The molecule has 0 radical (unpaired) electrons. The second kappa shape index (κ2) is 10.5. The van der Waals surface area contributed by atoms with Gasteiger partial charge in [-0.2, -0.15) is 0 Å². The number of rotatable bonds is 4. The van der Waals surface area contributed by atoms with Crippen molar-refractivity contribution >= 4 is 42.3 Å². The molecule has 0 bridgehead atoms. The summed E-state index contributed by atoms with van der Waals surface area (Å²) in [6.45, 7) is 1.87. The van der Waals surface area contributed by atoms with Crippen molar-refractivity contribution in [3.63, 3.8) is 0 Å². The second-order valence-electron chi connectivity index (χ2n) is 5.43. The summed E-state index contributed by atoms with van der Waals surface area (Å²) in [6.07, 6.45) is 5.18. The molecule has 1 amide bonds. The average molecular weight is 405 g/mol. The third-order valence-electron chi connectivity index (χ3n) is 3.75. The Kier molecular flexibility index (Phi) is 9.00. The van der Waals surface area contributed by atoms with E-state index in [0.29, 0.717) is 22.1 Å². The largest absolute Gasteiger partial charge is 0.456 e. The van der Waals surface area contributed by atoms with Crippen LogP contribution >= 0.6 is 36.4 Å². The molecule has 0 saturated carbocycles. The Labute approximate surface area is 164 Å². The van der Waals surface area contributed by atoms with Crippen LogP contribution in [0, 0.1) is 0 Å². The Balaban J connectivity index is 0.00000156. The van der Waals surface area contributed by atoms with E-state index < -0.39 is 0 Å². The van der Waals surface area contributed by atoms with Gasteiger partial charge in [0.2, 0.25) is 0 Å². The number of piperidine rings is 1. The van der Waals surface area contributed by atoms with Crippen LogP contribution in [0.1, 0.15) is 23.2 Å². The van der Waals surface area contributed by atoms with E-state index in [1.807, 2.05) is 0 Å². The van der Waals surface area contributed by atoms with E-state index in [1.54, 1.807) is 42.7 Å². The number of nitrogens with zero attached hydrogens (tertiary/aromatic N) is 1. The van der Waals surface area contributed by atoms with E-state index in [4.69, 9.17) is 16.3 Å². The van der Waals surface area contributed by atoms with Crippen molar-refractivity contribution in [1.82, 2.24) is 15.6 Å². The molecule has 0 aliphatic carbocycles. The molecule has 2 aromatic rings. The zero-order valence-corrected chi connectivity index (χ0v) is 15.8. The Hall–Kier alpha value is -1.53. The topological polar surface area (TPSA) is 63.2 Å². The number of carbonyl (C=O) groups is 1. The molecule has 25 heavy (non-hydrogen) atoms. The number of nitrogens with one attached hydrogen (secondary N) is 2. The van der Waals surface area contributed by atoms with Crippen LogP contribution in [0.5, 0.6) is 11.5 Å². The Morgan fingerprint density at radius 3 is 2.48 bits per heavy atom. The molecule has 0 unspecified atom stereocenters. The van der Waals surface area contributed by atoms with Crippen LogP contribution < -0.4 is 15.4 Å². The quantitative estimate of drug-likeness (QED) is 0.812. The lowest BCUT2D eigenvalue weighted by Gasteiger charge is -2.23. The number of carbonyl (C=O) groups excluding carboxylic acids is 1. The summed E-state index contributed by atoms with van der Waals surface area (Å²) < 4.78 is 5.68. The fraction of sp³-hybridized carbons (Fsp3) is 0.294. The van der Waals surface area contributed by atoms with E-state index in [9.17, 15) is 4.79 Å². The van der Waals surface area contributed by atoms with Crippen LogP contribution in [-0.2, 0) is 0 Å². The minimum atomic E-state index is -0.103. The zero-order valence-electron chi connectivity index (χ0n) is 13.4. The number of ether oxygens (including phenoxy) is 1. The van der Waals surface area contributed by atoms with E-state index in [1.165, 1.54) is 0 Å². The summed E-state index contributed by atoms with van der Waals surface area (Å²) in [4.78, 5) is 16.2. The molecule has 0 spiro atoms. The van der Waals surface area contributed by atoms with Gasteiger partial charge in [0.1, 0.15) is 11.5 Å². The fourth-order valence-electron chi connectivity index (χ4n) is 2.49. The summed E-state index contributed by atoms with van der Waals surface area (Å²) in [7, 11) is 0. The second-order valence-corrected chi connectivity index (χ2v) is 5.84. The van der Waals surface area contributed by atoms with Crippen molar-refractivity contribution < 1.29 is 9.53 Å². The molecule has 0 atom stereocenters. The van der Waals surface area contributed by atoms with Gasteiger partial charge < -0.3 is 15.4 Å². The molecule has 5 nitrogen and oxygen atoms in total. The number of halogens is 3. The predicted molar refractivity (Wildman–Crippen MR) is 104 cm³/mol. The monoisotopic (exact) mass is 403 g/mol. The number of hydrogen-bond donors (Lipinski definition) is 2. The molecule has 1 aromatic heterocycles. The maximum atomic E-state index is 12.3. The lowest BCUT2D eigenvalue weighted by molar-refractivity contribution is 0.0929. The van der Waals surface area contributed by atoms with Crippen LogP contribution in [0.4, 0.5) is 0 Å². The third-order valence-corrected chi connectivity index (χ3v) is 4.04. The molecule has 136 valence electrons. The first-order valence-electron chi connectivity index (χ1n) is 7.61. The maximum Gasteiger partial charge on any atom is 0.251 e. The number of benzene rings is 1. The highest BCUT2D eigenvalue weighted by atomic mass is 35.5. The van der Waals surface area contributed by atoms with Gasteiger partial charge in [-0.3, -0.25) is 9.78 Å². The number of aromatic nitrogens is 1. The number of hydrogen-bond acceptors (Lipinski definition) is 4. The van der Waals surface area contributed by atoms with Crippen molar-refractivity contribution in [2.45, 2.75) is 18.9 Å². The van der Waals surface area contributed by atoms with Gasteiger partial charge in [0.05, 0.1) is 5.02 Å². The minimum Gasteiger partial charge on any atom is -0.456 e. The first-order chi connectivity index (χ1) is 11.2. The molecule has 2 N–H and O–H groups in total. The summed E-state index contributed by atoms with van der Waals surface area (Å²) in [5.41, 5.74) is 0.538. The van der Waals surface area contributed by atoms with Crippen LogP contribution in [0.15, 0.2) is 42.7 Å². The van der Waals surface area contributed by atoms with E-state index in [0.717, 1.165) is 25.9 Å². The SMILES string of the molecule is Cl.Cl.O=C(NC1CCNCC1)c1ccc(Oc2ccncc2)c(Cl)c1. The molecule has 1 aromatic carbocycles. The fourth-order valence-corrected chi connectivity index (χ4v) is 2.71. The normalized spacial score (nSPS) is 14.0. The molecule has 8 heteroatoms. The lowest BCUT2D eigenvalue weighted by atomic mass is 10.1. The van der Waals surface area contributed by atoms with Gasteiger partial charge in [0.15, 0.2) is 0 Å². The smallest absolute Gasteiger partial charge is 0.251 e. The van der Waals surface area contributed by atoms with Crippen LogP contribution in [-0.4, -0.2) is 30.0 Å². The van der Waals surface area contributed by atoms with Gasteiger partial charge in [-0.25, -0.2) is 0 Å². The van der Waals surface area contributed by atoms with Gasteiger partial charge in [-0.05, 0) is 56.3 Å². The Bertz CT molecular complexity index is 680. The van der Waals surface area contributed by atoms with Gasteiger partial charge >= 0.3 is 0 Å². The van der Waals surface area contributed by atoms with Crippen LogP contribution in [0.3, 0.4) is 0 Å². The molecular formula is C17H20Cl3N3O2. The molecule has 1 aliphatic rings. The van der Waals surface area contributed by atoms with E-state index in [-0.39, 0.29) is 36.8 Å². The van der Waals surface area contributed by atoms with Crippen LogP contribution in [0.25, 0.3) is 0 Å². The lowest BCUT2D eigenvalue weighted by Crippen LogP contribution is -2.42. The van der Waals surface area contributed by atoms with Crippen LogP contribution in [0.2, 0.25) is 5.02 Å². The highest BCUT2D eigenvalue weighted by Crippen LogP contribution is 2.29. The molecule has 1 fully saturated rings. The molecule has 1 aliphatic heterocycles. The highest BCUT2D eigenvalue weighted by Gasteiger charge is 2.17. The third kappa shape index (κ3) is 6.04. The summed E-state index contributed by atoms with van der Waals surface area (Å²) in [5.74, 6) is 1.05. The van der Waals surface area contributed by atoms with E-state index >= 15 is 0 Å². The van der Waals surface area contributed by atoms with Crippen molar-refractivity contribution in [3.8, 4) is 11.5 Å². The Morgan fingerprint density at radius 1 is 1.16 bits per heavy atom. The molecule has 2 heterocycles. The van der Waals surface area contributed by atoms with Gasteiger partial charge in [0, 0.05) is 24.0 Å². The van der Waals surface area contributed by atoms with Crippen molar-refractivity contribution in [1.29, 1.82) is 0 Å². The van der Waals surface area contributed by atoms with Crippen molar-refractivity contribution in [2.75, 3.05) is 13.1 Å². The maximum absolute atomic E-state index is 12.3. The van der Waals surface area contributed by atoms with Gasteiger partial charge in [-0.1, -0.05) is 11.6 Å². The molecular weight excluding hydrogens is 385 g/mol. The average Bonchev–Trinajstić information content (AvgIpc) is 2.58. The Morgan fingerprint density at radius 2 is 1.84 bits per heavy atom. The zero-order chi connectivity index (χ0) is 16.1. The minimum absolute atomic E-state index is 0. The summed E-state index contributed by atoms with van der Waals surface area (Å²) >= 11 is 6.24. The number of pyridine rings is 1. The summed E-state index contributed by atoms with van der Waals surface area (Å²) in [5, 5.41) is 6.72. The highest BCUT2D eigenvalue weighted by molar-refractivity contribution is 6.32. The van der Waals surface area contributed by atoms with E-state index in [2.05, 4.69) is 15.6 Å². The first kappa shape index (κ1) is 21.5.